The van der Waals surface area contributed by atoms with Gasteiger partial charge in [0.1, 0.15) is 0 Å². The highest BCUT2D eigenvalue weighted by atomic mass is 14.0. The second-order valence-corrected chi connectivity index (χ2v) is 2.47. The Bertz CT molecular complexity index is 35.3. The monoisotopic (exact) mass is 178 g/mol. The Balaban J connectivity index is -0.0000000408. The fourth-order valence-electron chi connectivity index (χ4n) is 1.11. The summed E-state index contributed by atoms with van der Waals surface area (Å²) in [5, 5.41) is 0. The average Bonchev–Trinajstić information content (AvgIpc) is 1.83. The fourth-order valence-corrected chi connectivity index (χ4v) is 1.11. The van der Waals surface area contributed by atoms with Gasteiger partial charge < -0.3 is 0 Å². The molecule has 0 amide bonds. The minimum absolute atomic E-state index is 0. The van der Waals surface area contributed by atoms with Crippen molar-refractivity contribution >= 4 is 0 Å². The number of rotatable bonds is 4. The first-order valence-corrected chi connectivity index (χ1v) is 3.85. The van der Waals surface area contributed by atoms with Crippen molar-refractivity contribution < 1.29 is 0 Å². The molecule has 0 atom stereocenters. The van der Waals surface area contributed by atoms with Crippen molar-refractivity contribution in [2.45, 2.75) is 76.2 Å². The zero-order valence-electron chi connectivity index (χ0n) is 6.41. The second kappa shape index (κ2) is 22.4. The SMILES string of the molecule is C.C.C.C.CCCC(CC)CC. The van der Waals surface area contributed by atoms with Gasteiger partial charge in [-0.2, -0.15) is 0 Å². The zero-order valence-corrected chi connectivity index (χ0v) is 6.41. The van der Waals surface area contributed by atoms with Gasteiger partial charge in [0.05, 0.1) is 0 Å². The number of hydrogen-bond donors (Lipinski definition) is 0. The molecule has 0 heteroatoms. The van der Waals surface area contributed by atoms with Crippen LogP contribution in [0.4, 0.5) is 0 Å². The van der Waals surface area contributed by atoms with Crippen LogP contribution in [-0.4, -0.2) is 0 Å². The van der Waals surface area contributed by atoms with Gasteiger partial charge >= 0.3 is 0 Å². The lowest BCUT2D eigenvalue weighted by Gasteiger charge is -2.08. The summed E-state index contributed by atoms with van der Waals surface area (Å²) in [5.74, 6) is 1.000. The molecule has 0 unspecified atom stereocenters. The van der Waals surface area contributed by atoms with Gasteiger partial charge in [0.25, 0.3) is 0 Å². The lowest BCUT2D eigenvalue weighted by Crippen LogP contribution is -1.94. The highest BCUT2D eigenvalue weighted by Crippen LogP contribution is 2.13. The summed E-state index contributed by atoms with van der Waals surface area (Å²) in [6.45, 7) is 6.83. The van der Waals surface area contributed by atoms with E-state index in [1.54, 1.807) is 0 Å². The molecule has 0 heterocycles. The summed E-state index contributed by atoms with van der Waals surface area (Å²) >= 11 is 0. The van der Waals surface area contributed by atoms with Gasteiger partial charge in [-0.15, -0.1) is 0 Å². The van der Waals surface area contributed by atoms with Crippen molar-refractivity contribution in [3.63, 3.8) is 0 Å². The predicted molar refractivity (Wildman–Crippen MR) is 65.9 cm³/mol. The molecular weight excluding hydrogens is 144 g/mol. The lowest BCUT2D eigenvalue weighted by molar-refractivity contribution is 0.451. The summed E-state index contributed by atoms with van der Waals surface area (Å²) in [4.78, 5) is 0. The highest BCUT2D eigenvalue weighted by Gasteiger charge is 1.98. The molecule has 0 aliphatic rings. The Morgan fingerprint density at radius 2 is 1.08 bits per heavy atom. The van der Waals surface area contributed by atoms with Crippen LogP contribution in [0.15, 0.2) is 0 Å². The van der Waals surface area contributed by atoms with Crippen LogP contribution in [0.5, 0.6) is 0 Å². The zero-order chi connectivity index (χ0) is 6.41. The molecule has 0 rings (SSSR count). The van der Waals surface area contributed by atoms with Gasteiger partial charge in [0, 0.05) is 0 Å². The Morgan fingerprint density at radius 1 is 0.750 bits per heavy atom. The van der Waals surface area contributed by atoms with Crippen molar-refractivity contribution in [3.05, 3.63) is 0 Å². The average molecular weight is 178 g/mol. The van der Waals surface area contributed by atoms with E-state index in [0.29, 0.717) is 0 Å². The summed E-state index contributed by atoms with van der Waals surface area (Å²) in [7, 11) is 0. The molecule has 0 fully saturated rings. The van der Waals surface area contributed by atoms with Crippen LogP contribution in [0.25, 0.3) is 0 Å². The van der Waals surface area contributed by atoms with E-state index in [1.807, 2.05) is 0 Å². The van der Waals surface area contributed by atoms with Crippen LogP contribution in [0.2, 0.25) is 0 Å². The molecule has 82 valence electrons. The smallest absolute Gasteiger partial charge is 0.0420 e. The third-order valence-corrected chi connectivity index (χ3v) is 1.85. The molecule has 0 saturated heterocycles. The van der Waals surface area contributed by atoms with Crippen LogP contribution >= 0.6 is 0 Å². The Morgan fingerprint density at radius 3 is 1.17 bits per heavy atom. The molecule has 0 aromatic carbocycles. The molecule has 0 aliphatic heterocycles. The Hall–Kier alpha value is 0. The first-order chi connectivity index (χ1) is 3.85. The summed E-state index contributed by atoms with van der Waals surface area (Å²) < 4.78 is 0. The predicted octanol–water partition coefficient (Wildman–Crippen LogP) is 5.77. The first kappa shape index (κ1) is 29.6. The lowest BCUT2D eigenvalue weighted by atomic mass is 9.98. The van der Waals surface area contributed by atoms with Gasteiger partial charge in [0.15, 0.2) is 0 Å². The van der Waals surface area contributed by atoms with Crippen molar-refractivity contribution in [1.82, 2.24) is 0 Å². The molecule has 0 spiro atoms. The van der Waals surface area contributed by atoms with E-state index in [1.165, 1.54) is 25.7 Å². The molecule has 0 radical (unpaired) electrons. The molecular formula is C12H34. The van der Waals surface area contributed by atoms with Gasteiger partial charge in [-0.05, 0) is 5.92 Å². The molecule has 0 aromatic rings. The largest absolute Gasteiger partial charge is 0.0776 e. The van der Waals surface area contributed by atoms with E-state index < -0.39 is 0 Å². The van der Waals surface area contributed by atoms with Crippen molar-refractivity contribution in [1.29, 1.82) is 0 Å². The highest BCUT2D eigenvalue weighted by molar-refractivity contribution is 4.51. The minimum atomic E-state index is 0. The van der Waals surface area contributed by atoms with Gasteiger partial charge in [-0.25, -0.2) is 0 Å². The van der Waals surface area contributed by atoms with Crippen LogP contribution in [-0.2, 0) is 0 Å². The molecule has 12 heavy (non-hydrogen) atoms. The minimum Gasteiger partial charge on any atom is -0.0776 e. The van der Waals surface area contributed by atoms with Gasteiger partial charge in [-0.3, -0.25) is 0 Å². The summed E-state index contributed by atoms with van der Waals surface area (Å²) in [6.07, 6.45) is 5.51. The van der Waals surface area contributed by atoms with E-state index >= 15 is 0 Å². The standard InChI is InChI=1S/C8H18.4CH4/c1-4-7-8(5-2)6-3;;;;/h8H,4-7H2,1-3H3;4*1H4. The normalized spacial score (nSPS) is 7.00. The topological polar surface area (TPSA) is 0 Å². The van der Waals surface area contributed by atoms with Crippen LogP contribution in [0, 0.1) is 5.92 Å². The fraction of sp³-hybridized carbons (Fsp3) is 1.00. The number of hydrogen-bond acceptors (Lipinski definition) is 0. The molecule has 0 aromatic heterocycles. The Kier molecular flexibility index (Phi) is 55.4. The molecule has 0 saturated carbocycles. The third kappa shape index (κ3) is 16.5. The third-order valence-electron chi connectivity index (χ3n) is 1.85. The van der Waals surface area contributed by atoms with Crippen molar-refractivity contribution in [2.24, 2.45) is 5.92 Å². The van der Waals surface area contributed by atoms with Crippen molar-refractivity contribution in [3.8, 4) is 0 Å². The first-order valence-electron chi connectivity index (χ1n) is 3.85. The van der Waals surface area contributed by atoms with E-state index in [9.17, 15) is 0 Å². The van der Waals surface area contributed by atoms with E-state index in [0.717, 1.165) is 5.92 Å². The van der Waals surface area contributed by atoms with Gasteiger partial charge in [0.2, 0.25) is 0 Å². The maximum absolute atomic E-state index is 2.28. The van der Waals surface area contributed by atoms with Crippen LogP contribution in [0.3, 0.4) is 0 Å². The summed E-state index contributed by atoms with van der Waals surface area (Å²) in [5.41, 5.74) is 0. The second-order valence-electron chi connectivity index (χ2n) is 2.47. The molecule has 0 nitrogen and oxygen atoms in total. The molecule has 0 bridgehead atoms. The summed E-state index contributed by atoms with van der Waals surface area (Å²) in [6, 6.07) is 0. The van der Waals surface area contributed by atoms with Crippen molar-refractivity contribution in [2.75, 3.05) is 0 Å². The maximum atomic E-state index is 2.28. The van der Waals surface area contributed by atoms with Crippen LogP contribution in [0.1, 0.15) is 76.2 Å². The van der Waals surface area contributed by atoms with E-state index in [2.05, 4.69) is 20.8 Å². The van der Waals surface area contributed by atoms with Crippen LogP contribution < -0.4 is 0 Å². The van der Waals surface area contributed by atoms with Gasteiger partial charge in [-0.1, -0.05) is 76.2 Å². The maximum Gasteiger partial charge on any atom is -0.0420 e. The van der Waals surface area contributed by atoms with E-state index in [-0.39, 0.29) is 29.7 Å². The quantitative estimate of drug-likeness (QED) is 0.513. The molecule has 0 N–H and O–H groups in total. The van der Waals surface area contributed by atoms with E-state index in [4.69, 9.17) is 0 Å². The molecule has 0 aliphatic carbocycles. The Labute approximate surface area is 82.8 Å².